The lowest BCUT2D eigenvalue weighted by Gasteiger charge is -2.10. The monoisotopic (exact) mass is 473 g/mol. The fourth-order valence-corrected chi connectivity index (χ4v) is 3.32. The predicted molar refractivity (Wildman–Crippen MR) is 121 cm³/mol. The van der Waals surface area contributed by atoms with E-state index < -0.39 is 5.97 Å². The van der Waals surface area contributed by atoms with Crippen LogP contribution in [0.4, 0.5) is 5.13 Å². The summed E-state index contributed by atoms with van der Waals surface area (Å²) in [5, 5.41) is 6.50. The van der Waals surface area contributed by atoms with Crippen LogP contribution < -0.4 is 14.9 Å². The quantitative estimate of drug-likeness (QED) is 0.252. The second-order valence-corrected chi connectivity index (χ2v) is 7.31. The standard InChI is InChI=1S/C22H23N3O7S/c1-4-30-20(26)10-15-13-33-22(24-15)25-23-11-14-5-7-17(19(9-14)28-2)31-12-16-6-8-18(32-16)21(27)29-3/h5-9,11,13H,4,10,12H2,1-3H3,(H,24,25). The molecular weight excluding hydrogens is 450 g/mol. The van der Waals surface area contributed by atoms with E-state index in [2.05, 4.69) is 20.2 Å². The largest absolute Gasteiger partial charge is 0.493 e. The smallest absolute Gasteiger partial charge is 0.373 e. The van der Waals surface area contributed by atoms with Crippen LogP contribution >= 0.6 is 11.3 Å². The van der Waals surface area contributed by atoms with Crippen molar-refractivity contribution in [1.82, 2.24) is 4.98 Å². The molecule has 33 heavy (non-hydrogen) atoms. The van der Waals surface area contributed by atoms with E-state index in [4.69, 9.17) is 18.6 Å². The molecule has 0 aliphatic rings. The van der Waals surface area contributed by atoms with Crippen LogP contribution in [0.15, 0.2) is 45.2 Å². The van der Waals surface area contributed by atoms with Gasteiger partial charge in [0.15, 0.2) is 11.5 Å². The molecule has 1 N–H and O–H groups in total. The Bertz CT molecular complexity index is 1120. The Kier molecular flexibility index (Phi) is 8.42. The number of aromatic nitrogens is 1. The lowest BCUT2D eigenvalue weighted by Crippen LogP contribution is -2.07. The SMILES string of the molecule is CCOC(=O)Cc1csc(NN=Cc2ccc(OCc3ccc(C(=O)OC)o3)c(OC)c2)n1. The molecule has 174 valence electrons. The molecule has 0 unspecified atom stereocenters. The van der Waals surface area contributed by atoms with Crippen molar-refractivity contribution in [3.63, 3.8) is 0 Å². The maximum atomic E-state index is 11.5. The van der Waals surface area contributed by atoms with E-state index in [1.54, 1.807) is 42.8 Å². The number of nitrogens with zero attached hydrogens (tertiary/aromatic N) is 2. The summed E-state index contributed by atoms with van der Waals surface area (Å²) >= 11 is 1.34. The summed E-state index contributed by atoms with van der Waals surface area (Å²) < 4.78 is 26.1. The summed E-state index contributed by atoms with van der Waals surface area (Å²) in [6, 6.07) is 8.47. The number of rotatable bonds is 11. The first-order valence-corrected chi connectivity index (χ1v) is 10.8. The third-order valence-electron chi connectivity index (χ3n) is 4.16. The minimum absolute atomic E-state index is 0.107. The van der Waals surface area contributed by atoms with Crippen LogP contribution in [0.5, 0.6) is 11.5 Å². The topological polar surface area (TPSA) is 121 Å². The number of nitrogens with one attached hydrogen (secondary N) is 1. The van der Waals surface area contributed by atoms with Crippen LogP contribution in [0.3, 0.4) is 0 Å². The number of methoxy groups -OCH3 is 2. The number of hydrazone groups is 1. The number of esters is 2. The van der Waals surface area contributed by atoms with Gasteiger partial charge in [-0.2, -0.15) is 5.10 Å². The van der Waals surface area contributed by atoms with Gasteiger partial charge in [-0.15, -0.1) is 11.3 Å². The minimum atomic E-state index is -0.552. The van der Waals surface area contributed by atoms with Crippen LogP contribution in [0.2, 0.25) is 0 Å². The summed E-state index contributed by atoms with van der Waals surface area (Å²) in [7, 11) is 2.82. The van der Waals surface area contributed by atoms with E-state index in [1.165, 1.54) is 31.6 Å². The van der Waals surface area contributed by atoms with Crippen molar-refractivity contribution >= 4 is 34.6 Å². The molecule has 0 aliphatic heterocycles. The van der Waals surface area contributed by atoms with Gasteiger partial charge in [-0.05, 0) is 42.8 Å². The van der Waals surface area contributed by atoms with Crippen molar-refractivity contribution in [3.8, 4) is 11.5 Å². The molecule has 0 amide bonds. The third kappa shape index (κ3) is 6.81. The van der Waals surface area contributed by atoms with Gasteiger partial charge in [-0.3, -0.25) is 10.2 Å². The number of thiazole rings is 1. The molecule has 1 aromatic carbocycles. The van der Waals surface area contributed by atoms with Crippen molar-refractivity contribution in [2.75, 3.05) is 26.3 Å². The molecule has 10 nitrogen and oxygen atoms in total. The van der Waals surface area contributed by atoms with Crippen LogP contribution in [-0.4, -0.2) is 44.0 Å². The van der Waals surface area contributed by atoms with Crippen LogP contribution in [-0.2, 0) is 27.3 Å². The van der Waals surface area contributed by atoms with Crippen LogP contribution in [0, 0.1) is 0 Å². The van der Waals surface area contributed by atoms with Crippen molar-refractivity contribution in [3.05, 3.63) is 58.5 Å². The highest BCUT2D eigenvalue weighted by atomic mass is 32.1. The summed E-state index contributed by atoms with van der Waals surface area (Å²) in [6.45, 7) is 2.21. The first-order chi connectivity index (χ1) is 16.0. The molecule has 0 saturated heterocycles. The van der Waals surface area contributed by atoms with Gasteiger partial charge in [-0.1, -0.05) is 0 Å². The van der Waals surface area contributed by atoms with Gasteiger partial charge in [0.1, 0.15) is 12.4 Å². The van der Waals surface area contributed by atoms with E-state index in [9.17, 15) is 9.59 Å². The Hall–Kier alpha value is -3.86. The highest BCUT2D eigenvalue weighted by Crippen LogP contribution is 2.28. The molecule has 2 aromatic heterocycles. The van der Waals surface area contributed by atoms with Gasteiger partial charge >= 0.3 is 11.9 Å². The van der Waals surface area contributed by atoms with Crippen LogP contribution in [0.1, 0.15) is 34.5 Å². The second-order valence-electron chi connectivity index (χ2n) is 6.45. The van der Waals surface area contributed by atoms with Gasteiger partial charge < -0.3 is 23.4 Å². The van der Waals surface area contributed by atoms with E-state index in [0.717, 1.165) is 5.56 Å². The maximum absolute atomic E-state index is 11.5. The number of carbonyl (C=O) groups is 2. The molecule has 0 spiro atoms. The summed E-state index contributed by atoms with van der Waals surface area (Å²) in [6.07, 6.45) is 1.73. The first-order valence-electron chi connectivity index (χ1n) is 9.89. The molecule has 2 heterocycles. The molecule has 0 saturated carbocycles. The number of hydrogen-bond acceptors (Lipinski definition) is 11. The Balaban J connectivity index is 1.56. The Labute approximate surface area is 194 Å². The molecular formula is C22H23N3O7S. The number of anilines is 1. The summed E-state index contributed by atoms with van der Waals surface area (Å²) in [4.78, 5) is 27.3. The third-order valence-corrected chi connectivity index (χ3v) is 4.96. The number of ether oxygens (including phenoxy) is 4. The fraction of sp³-hybridized carbons (Fsp3) is 0.273. The molecule has 0 fully saturated rings. The lowest BCUT2D eigenvalue weighted by molar-refractivity contribution is -0.142. The molecule has 0 radical (unpaired) electrons. The van der Waals surface area contributed by atoms with Gasteiger partial charge in [-0.25, -0.2) is 9.78 Å². The number of hydrogen-bond donors (Lipinski definition) is 1. The van der Waals surface area contributed by atoms with E-state index in [1.807, 2.05) is 0 Å². The highest BCUT2D eigenvalue weighted by Gasteiger charge is 2.13. The molecule has 3 aromatic rings. The number of furan rings is 1. The van der Waals surface area contributed by atoms with Gasteiger partial charge in [0.2, 0.25) is 10.9 Å². The van der Waals surface area contributed by atoms with Gasteiger partial charge in [0.25, 0.3) is 0 Å². The molecule has 0 aliphatic carbocycles. The first kappa shape index (κ1) is 23.8. The van der Waals surface area contributed by atoms with Crippen molar-refractivity contribution in [2.45, 2.75) is 20.0 Å². The average molecular weight is 474 g/mol. The fourth-order valence-electron chi connectivity index (χ4n) is 2.66. The minimum Gasteiger partial charge on any atom is -0.493 e. The van der Waals surface area contributed by atoms with Gasteiger partial charge in [0.05, 0.1) is 39.2 Å². The molecule has 3 rings (SSSR count). The maximum Gasteiger partial charge on any atom is 0.373 e. The zero-order valence-corrected chi connectivity index (χ0v) is 19.1. The second kappa shape index (κ2) is 11.7. The number of carbonyl (C=O) groups excluding carboxylic acids is 2. The lowest BCUT2D eigenvalue weighted by atomic mass is 10.2. The number of benzene rings is 1. The normalized spacial score (nSPS) is 10.8. The van der Waals surface area contributed by atoms with Gasteiger partial charge in [0, 0.05) is 5.38 Å². The molecule has 0 atom stereocenters. The Morgan fingerprint density at radius 2 is 2.06 bits per heavy atom. The van der Waals surface area contributed by atoms with E-state index >= 15 is 0 Å². The van der Waals surface area contributed by atoms with Crippen molar-refractivity contribution in [1.29, 1.82) is 0 Å². The Morgan fingerprint density at radius 1 is 1.21 bits per heavy atom. The summed E-state index contributed by atoms with van der Waals surface area (Å²) in [5.41, 5.74) is 4.22. The van der Waals surface area contributed by atoms with Crippen molar-refractivity contribution < 1.29 is 33.0 Å². The zero-order valence-electron chi connectivity index (χ0n) is 18.3. The Morgan fingerprint density at radius 3 is 2.82 bits per heavy atom. The van der Waals surface area contributed by atoms with E-state index in [0.29, 0.717) is 34.7 Å². The molecule has 0 bridgehead atoms. The average Bonchev–Trinajstić information content (AvgIpc) is 3.47. The van der Waals surface area contributed by atoms with Crippen LogP contribution in [0.25, 0.3) is 0 Å². The predicted octanol–water partition coefficient (Wildman–Crippen LogP) is 3.66. The van der Waals surface area contributed by atoms with Crippen molar-refractivity contribution in [2.24, 2.45) is 5.10 Å². The highest BCUT2D eigenvalue weighted by molar-refractivity contribution is 7.13. The molecule has 11 heteroatoms. The summed E-state index contributed by atoms with van der Waals surface area (Å²) in [5.74, 6) is 0.715. The van der Waals surface area contributed by atoms with E-state index in [-0.39, 0.29) is 24.8 Å². The zero-order chi connectivity index (χ0) is 23.6.